The van der Waals surface area contributed by atoms with E-state index in [1.807, 2.05) is 0 Å². The van der Waals surface area contributed by atoms with Gasteiger partial charge in [-0.1, -0.05) is 15.9 Å². The van der Waals surface area contributed by atoms with Gasteiger partial charge in [-0.15, -0.1) is 0 Å². The Morgan fingerprint density at radius 3 is 2.50 bits per heavy atom. The van der Waals surface area contributed by atoms with Crippen LogP contribution in [0.4, 0.5) is 5.69 Å². The van der Waals surface area contributed by atoms with Gasteiger partial charge in [0.25, 0.3) is 17.5 Å². The number of nitrogens with zero attached hydrogens (tertiary/aromatic N) is 1. The van der Waals surface area contributed by atoms with Gasteiger partial charge in [-0.3, -0.25) is 25.0 Å². The molecule has 1 N–H and O–H groups in total. The summed E-state index contributed by atoms with van der Waals surface area (Å²) >= 11 is 3.23. The summed E-state index contributed by atoms with van der Waals surface area (Å²) in [7, 11) is 0. The van der Waals surface area contributed by atoms with Gasteiger partial charge in [-0.2, -0.15) is 0 Å². The topological polar surface area (TPSA) is 89.3 Å². The zero-order valence-corrected chi connectivity index (χ0v) is 10.8. The molecule has 0 radical (unpaired) electrons. The van der Waals surface area contributed by atoms with E-state index in [2.05, 4.69) is 21.2 Å². The highest BCUT2D eigenvalue weighted by Crippen LogP contribution is 2.32. The van der Waals surface area contributed by atoms with E-state index in [-0.39, 0.29) is 11.3 Å². The van der Waals surface area contributed by atoms with E-state index in [0.29, 0.717) is 15.6 Å². The van der Waals surface area contributed by atoms with Gasteiger partial charge in [0.15, 0.2) is 0 Å². The van der Waals surface area contributed by atoms with Crippen LogP contribution < -0.4 is 5.32 Å². The van der Waals surface area contributed by atoms with E-state index in [4.69, 9.17) is 0 Å². The van der Waals surface area contributed by atoms with Crippen LogP contribution in [0.15, 0.2) is 22.7 Å². The molecule has 0 saturated heterocycles. The highest BCUT2D eigenvalue weighted by molar-refractivity contribution is 9.10. The fraction of sp³-hybridized carbons (Fsp3) is 0.0909. The predicted octanol–water partition coefficient (Wildman–Crippen LogP) is 1.71. The van der Waals surface area contributed by atoms with Crippen LogP contribution >= 0.6 is 15.9 Å². The molecule has 18 heavy (non-hydrogen) atoms. The van der Waals surface area contributed by atoms with E-state index in [0.717, 1.165) is 6.08 Å². The number of carbonyl (C=O) groups is 2. The van der Waals surface area contributed by atoms with Crippen molar-refractivity contribution in [3.63, 3.8) is 0 Å². The summed E-state index contributed by atoms with van der Waals surface area (Å²) in [4.78, 5) is 32.9. The first-order valence-electron chi connectivity index (χ1n) is 4.92. The van der Waals surface area contributed by atoms with E-state index in [1.165, 1.54) is 6.07 Å². The molecule has 1 aliphatic heterocycles. The van der Waals surface area contributed by atoms with Gasteiger partial charge in [0.05, 0.1) is 10.5 Å². The summed E-state index contributed by atoms with van der Waals surface area (Å²) < 4.78 is 0.529. The van der Waals surface area contributed by atoms with Crippen LogP contribution in [0, 0.1) is 17.0 Å². The lowest BCUT2D eigenvalue weighted by molar-refractivity contribution is -0.385. The lowest BCUT2D eigenvalue weighted by atomic mass is 10.0. The first-order chi connectivity index (χ1) is 8.40. The lowest BCUT2D eigenvalue weighted by Gasteiger charge is -2.06. The van der Waals surface area contributed by atoms with Gasteiger partial charge >= 0.3 is 0 Å². The number of nitro groups is 1. The second kappa shape index (κ2) is 4.34. The number of benzene rings is 1. The summed E-state index contributed by atoms with van der Waals surface area (Å²) in [6.45, 7) is 1.60. The first kappa shape index (κ1) is 12.4. The van der Waals surface area contributed by atoms with Gasteiger partial charge in [0.2, 0.25) is 0 Å². The zero-order valence-electron chi connectivity index (χ0n) is 9.19. The molecular weight excluding hydrogens is 304 g/mol. The number of hydrogen-bond acceptors (Lipinski definition) is 4. The SMILES string of the molecule is Cc1cc(Br)c(C2=CC(=O)NC2=O)cc1[N+](=O)[O-]. The molecule has 1 aromatic carbocycles. The third-order valence-electron chi connectivity index (χ3n) is 2.53. The number of halogens is 1. The number of hydrogen-bond donors (Lipinski definition) is 1. The normalized spacial score (nSPS) is 14.4. The molecule has 92 valence electrons. The number of nitro benzene ring substituents is 1. The second-order valence-electron chi connectivity index (χ2n) is 3.75. The number of amides is 2. The quantitative estimate of drug-likeness (QED) is 0.511. The van der Waals surface area contributed by atoms with E-state index >= 15 is 0 Å². The lowest BCUT2D eigenvalue weighted by Crippen LogP contribution is -2.21. The molecular formula is C11H7BrN2O4. The number of imide groups is 1. The van der Waals surface area contributed by atoms with Crippen LogP contribution in [0.3, 0.4) is 0 Å². The summed E-state index contributed by atoms with van der Waals surface area (Å²) in [5.41, 5.74) is 0.827. The van der Waals surface area contributed by atoms with E-state index < -0.39 is 16.7 Å². The van der Waals surface area contributed by atoms with Crippen LogP contribution in [-0.2, 0) is 9.59 Å². The molecule has 1 aliphatic rings. The Bertz CT molecular complexity index is 622. The van der Waals surface area contributed by atoms with Crippen molar-refractivity contribution >= 4 is 39.0 Å². The molecule has 1 aromatic rings. The molecule has 0 fully saturated rings. The van der Waals surface area contributed by atoms with E-state index in [1.54, 1.807) is 13.0 Å². The maximum absolute atomic E-state index is 11.5. The van der Waals surface area contributed by atoms with Gasteiger partial charge in [0.1, 0.15) is 0 Å². The number of carbonyl (C=O) groups excluding carboxylic acids is 2. The van der Waals surface area contributed by atoms with Crippen LogP contribution in [-0.4, -0.2) is 16.7 Å². The summed E-state index contributed by atoms with van der Waals surface area (Å²) in [5.74, 6) is -1.08. The molecule has 0 unspecified atom stereocenters. The van der Waals surface area contributed by atoms with Crippen LogP contribution in [0.2, 0.25) is 0 Å². The molecule has 0 aromatic heterocycles. The van der Waals surface area contributed by atoms with Gasteiger partial charge in [-0.25, -0.2) is 0 Å². The Morgan fingerprint density at radius 1 is 1.33 bits per heavy atom. The molecule has 0 bridgehead atoms. The summed E-state index contributed by atoms with van der Waals surface area (Å²) in [6, 6.07) is 2.83. The molecule has 2 rings (SSSR count). The highest BCUT2D eigenvalue weighted by Gasteiger charge is 2.26. The second-order valence-corrected chi connectivity index (χ2v) is 4.61. The Balaban J connectivity index is 2.62. The molecule has 2 amide bonds. The van der Waals surface area contributed by atoms with Crippen molar-refractivity contribution in [2.24, 2.45) is 0 Å². The molecule has 0 aliphatic carbocycles. The fourth-order valence-electron chi connectivity index (χ4n) is 1.68. The third kappa shape index (κ3) is 2.04. The fourth-order valence-corrected chi connectivity index (χ4v) is 2.35. The van der Waals surface area contributed by atoms with Crippen molar-refractivity contribution in [3.05, 3.63) is 43.9 Å². The maximum Gasteiger partial charge on any atom is 0.272 e. The van der Waals surface area contributed by atoms with Crippen molar-refractivity contribution in [1.82, 2.24) is 5.32 Å². The van der Waals surface area contributed by atoms with Crippen molar-refractivity contribution in [2.45, 2.75) is 6.92 Å². The molecule has 0 atom stereocenters. The average molecular weight is 311 g/mol. The van der Waals surface area contributed by atoms with Crippen LogP contribution in [0.1, 0.15) is 11.1 Å². The van der Waals surface area contributed by atoms with Crippen LogP contribution in [0.5, 0.6) is 0 Å². The predicted molar refractivity (Wildman–Crippen MR) is 66.7 cm³/mol. The van der Waals surface area contributed by atoms with Crippen molar-refractivity contribution in [2.75, 3.05) is 0 Å². The molecule has 0 spiro atoms. The minimum Gasteiger partial charge on any atom is -0.289 e. The van der Waals surface area contributed by atoms with Gasteiger partial charge in [-0.05, 0) is 13.0 Å². The third-order valence-corrected chi connectivity index (χ3v) is 3.19. The zero-order chi connectivity index (χ0) is 13.4. The molecule has 1 heterocycles. The maximum atomic E-state index is 11.5. The summed E-state index contributed by atoms with van der Waals surface area (Å²) in [5, 5.41) is 12.9. The molecule has 6 nitrogen and oxygen atoms in total. The Kier molecular flexibility index (Phi) is 3.00. The van der Waals surface area contributed by atoms with E-state index in [9.17, 15) is 19.7 Å². The Labute approximate surface area is 110 Å². The van der Waals surface area contributed by atoms with Gasteiger partial charge in [0, 0.05) is 27.7 Å². The standard InChI is InChI=1S/C11H7BrN2O4/c1-5-2-8(12)6(3-9(5)14(17)18)7-4-10(15)13-11(7)16/h2-4H,1H3,(H,13,15,16). The highest BCUT2D eigenvalue weighted by atomic mass is 79.9. The number of rotatable bonds is 2. The minimum absolute atomic E-state index is 0.0961. The molecule has 0 saturated carbocycles. The smallest absolute Gasteiger partial charge is 0.272 e. The Hall–Kier alpha value is -2.02. The average Bonchev–Trinajstić information content (AvgIpc) is 2.57. The number of nitrogens with one attached hydrogen (secondary N) is 1. The Morgan fingerprint density at radius 2 is 2.00 bits per heavy atom. The number of aryl methyl sites for hydroxylation is 1. The van der Waals surface area contributed by atoms with Gasteiger partial charge < -0.3 is 0 Å². The van der Waals surface area contributed by atoms with Crippen molar-refractivity contribution < 1.29 is 14.5 Å². The molecule has 7 heteroatoms. The van der Waals surface area contributed by atoms with Crippen LogP contribution in [0.25, 0.3) is 5.57 Å². The largest absolute Gasteiger partial charge is 0.289 e. The monoisotopic (exact) mass is 310 g/mol. The summed E-state index contributed by atoms with van der Waals surface area (Å²) in [6.07, 6.45) is 1.13. The minimum atomic E-state index is -0.557. The first-order valence-corrected chi connectivity index (χ1v) is 5.71. The van der Waals surface area contributed by atoms with Crippen molar-refractivity contribution in [1.29, 1.82) is 0 Å². The van der Waals surface area contributed by atoms with Crippen molar-refractivity contribution in [3.8, 4) is 0 Å².